The van der Waals surface area contributed by atoms with Gasteiger partial charge in [-0.2, -0.15) is 8.42 Å². The number of sulfonamides is 1. The van der Waals surface area contributed by atoms with E-state index in [0.29, 0.717) is 24.3 Å². The van der Waals surface area contributed by atoms with Crippen LogP contribution in [0.15, 0.2) is 24.3 Å². The van der Waals surface area contributed by atoms with Crippen LogP contribution in [0, 0.1) is 0 Å². The molecule has 2 rings (SSSR count). The molecule has 7 nitrogen and oxygen atoms in total. The highest BCUT2D eigenvalue weighted by molar-refractivity contribution is 7.92. The monoisotopic (exact) mass is 319 g/mol. The van der Waals surface area contributed by atoms with E-state index in [2.05, 4.69) is 9.44 Å². The van der Waals surface area contributed by atoms with Gasteiger partial charge in [0, 0.05) is 19.3 Å². The Labute approximate surface area is 119 Å². The van der Waals surface area contributed by atoms with Gasteiger partial charge in [0.05, 0.1) is 11.4 Å². The number of rotatable bonds is 4. The Kier molecular flexibility index (Phi) is 4.21. The fourth-order valence-electron chi connectivity index (χ4n) is 1.98. The van der Waals surface area contributed by atoms with Crippen LogP contribution in [-0.4, -0.2) is 36.2 Å². The molecule has 1 saturated heterocycles. The van der Waals surface area contributed by atoms with E-state index in [-0.39, 0.29) is 5.75 Å². The van der Waals surface area contributed by atoms with Crippen LogP contribution < -0.4 is 13.7 Å². The van der Waals surface area contributed by atoms with Crippen LogP contribution in [0.25, 0.3) is 0 Å². The summed E-state index contributed by atoms with van der Waals surface area (Å²) in [5, 5.41) is 0. The van der Waals surface area contributed by atoms with Gasteiger partial charge in [-0.05, 0) is 37.1 Å². The quantitative estimate of drug-likeness (QED) is 0.844. The summed E-state index contributed by atoms with van der Waals surface area (Å²) in [6.07, 6.45) is 1.51. The maximum atomic E-state index is 11.9. The van der Waals surface area contributed by atoms with Crippen LogP contribution in [-0.2, 0) is 20.2 Å². The molecule has 0 amide bonds. The molecule has 0 bridgehead atoms. The molecule has 1 fully saturated rings. The first kappa shape index (κ1) is 15.1. The summed E-state index contributed by atoms with van der Waals surface area (Å²) in [5.74, 6) is 0.154. The molecule has 0 atom stereocenters. The number of nitrogens with one attached hydrogen (secondary N) is 2. The molecule has 1 aliphatic rings. The molecule has 1 aromatic carbocycles. The Morgan fingerprint density at radius 2 is 1.80 bits per heavy atom. The molecule has 2 N–H and O–H groups in total. The SMILES string of the molecule is CNS(=O)(=O)Nc1ccc(N2CCCCS2(=O)=O)cc1. The second-order valence-electron chi connectivity index (χ2n) is 4.45. The van der Waals surface area contributed by atoms with E-state index >= 15 is 0 Å². The van der Waals surface area contributed by atoms with Crippen molar-refractivity contribution in [2.24, 2.45) is 0 Å². The van der Waals surface area contributed by atoms with Crippen molar-refractivity contribution in [2.45, 2.75) is 12.8 Å². The molecular weight excluding hydrogens is 302 g/mol. The van der Waals surface area contributed by atoms with Crippen molar-refractivity contribution >= 4 is 31.6 Å². The Morgan fingerprint density at radius 3 is 2.35 bits per heavy atom. The molecule has 0 aromatic heterocycles. The molecule has 9 heteroatoms. The van der Waals surface area contributed by atoms with E-state index < -0.39 is 20.2 Å². The van der Waals surface area contributed by atoms with Crippen LogP contribution in [0.5, 0.6) is 0 Å². The van der Waals surface area contributed by atoms with Gasteiger partial charge in [-0.1, -0.05) is 0 Å². The number of anilines is 2. The molecule has 1 aromatic rings. The van der Waals surface area contributed by atoms with Crippen LogP contribution >= 0.6 is 0 Å². The Balaban J connectivity index is 2.20. The van der Waals surface area contributed by atoms with Gasteiger partial charge in [0.25, 0.3) is 10.2 Å². The standard InChI is InChI=1S/C11H17N3O4S2/c1-12-20(17,18)13-10-4-6-11(7-5-10)14-8-2-3-9-19(14,15)16/h4-7,12-13H,2-3,8-9H2,1H3. The summed E-state index contributed by atoms with van der Waals surface area (Å²) in [5.41, 5.74) is 0.926. The summed E-state index contributed by atoms with van der Waals surface area (Å²) in [6, 6.07) is 6.26. The smallest absolute Gasteiger partial charge is 0.271 e. The highest BCUT2D eigenvalue weighted by atomic mass is 32.2. The fraction of sp³-hybridized carbons (Fsp3) is 0.455. The van der Waals surface area contributed by atoms with Gasteiger partial charge in [0.2, 0.25) is 10.0 Å². The highest BCUT2D eigenvalue weighted by Crippen LogP contribution is 2.25. The van der Waals surface area contributed by atoms with E-state index in [1.165, 1.54) is 23.5 Å². The molecule has 0 unspecified atom stereocenters. The summed E-state index contributed by atoms with van der Waals surface area (Å²) in [6.45, 7) is 0.462. The molecule has 0 aliphatic carbocycles. The van der Waals surface area contributed by atoms with Gasteiger partial charge in [-0.3, -0.25) is 9.03 Å². The van der Waals surface area contributed by atoms with E-state index in [9.17, 15) is 16.8 Å². The fourth-order valence-corrected chi connectivity index (χ4v) is 4.17. The molecule has 0 spiro atoms. The van der Waals surface area contributed by atoms with Crippen molar-refractivity contribution in [3.8, 4) is 0 Å². The molecule has 0 radical (unpaired) electrons. The second kappa shape index (κ2) is 5.58. The average molecular weight is 319 g/mol. The zero-order valence-electron chi connectivity index (χ0n) is 11.0. The van der Waals surface area contributed by atoms with E-state index in [1.54, 1.807) is 12.1 Å². The van der Waals surface area contributed by atoms with Crippen molar-refractivity contribution in [3.63, 3.8) is 0 Å². The lowest BCUT2D eigenvalue weighted by molar-refractivity contribution is 0.574. The third-order valence-corrected chi connectivity index (χ3v) is 5.94. The third kappa shape index (κ3) is 3.41. The zero-order chi connectivity index (χ0) is 14.8. The summed E-state index contributed by atoms with van der Waals surface area (Å²) in [7, 11) is -5.51. The third-order valence-electron chi connectivity index (χ3n) is 3.03. The van der Waals surface area contributed by atoms with Gasteiger partial charge in [0.15, 0.2) is 0 Å². The van der Waals surface area contributed by atoms with Crippen LogP contribution in [0.2, 0.25) is 0 Å². The first-order valence-electron chi connectivity index (χ1n) is 6.16. The predicted molar refractivity (Wildman–Crippen MR) is 78.4 cm³/mol. The van der Waals surface area contributed by atoms with Crippen LogP contribution in [0.4, 0.5) is 11.4 Å². The van der Waals surface area contributed by atoms with Crippen molar-refractivity contribution in [2.75, 3.05) is 28.4 Å². The summed E-state index contributed by atoms with van der Waals surface area (Å²) in [4.78, 5) is 0. The van der Waals surface area contributed by atoms with E-state index in [0.717, 1.165) is 6.42 Å². The van der Waals surface area contributed by atoms with Crippen LogP contribution in [0.3, 0.4) is 0 Å². The zero-order valence-corrected chi connectivity index (χ0v) is 12.7. The van der Waals surface area contributed by atoms with Crippen LogP contribution in [0.1, 0.15) is 12.8 Å². The average Bonchev–Trinajstić information content (AvgIpc) is 2.39. The lowest BCUT2D eigenvalue weighted by Gasteiger charge is -2.28. The van der Waals surface area contributed by atoms with Crippen molar-refractivity contribution in [3.05, 3.63) is 24.3 Å². The van der Waals surface area contributed by atoms with Crippen molar-refractivity contribution in [1.82, 2.24) is 4.72 Å². The Hall–Kier alpha value is -1.32. The minimum absolute atomic E-state index is 0.154. The lowest BCUT2D eigenvalue weighted by Crippen LogP contribution is -2.37. The van der Waals surface area contributed by atoms with E-state index in [1.807, 2.05) is 0 Å². The Bertz CT molecular complexity index is 668. The number of nitrogens with zero attached hydrogens (tertiary/aromatic N) is 1. The number of hydrogen-bond acceptors (Lipinski definition) is 4. The Morgan fingerprint density at radius 1 is 1.15 bits per heavy atom. The summed E-state index contributed by atoms with van der Waals surface area (Å²) >= 11 is 0. The maximum absolute atomic E-state index is 11.9. The normalized spacial score (nSPS) is 18.8. The largest absolute Gasteiger partial charge is 0.298 e. The highest BCUT2D eigenvalue weighted by Gasteiger charge is 2.25. The minimum Gasteiger partial charge on any atom is -0.271 e. The molecule has 20 heavy (non-hydrogen) atoms. The number of benzene rings is 1. The van der Waals surface area contributed by atoms with Crippen molar-refractivity contribution in [1.29, 1.82) is 0 Å². The number of hydrogen-bond donors (Lipinski definition) is 2. The minimum atomic E-state index is -3.56. The molecule has 112 valence electrons. The molecule has 1 heterocycles. The second-order valence-corrected chi connectivity index (χ2v) is 8.08. The van der Waals surface area contributed by atoms with Gasteiger partial charge in [0.1, 0.15) is 0 Å². The first-order chi connectivity index (χ1) is 9.34. The van der Waals surface area contributed by atoms with Gasteiger partial charge in [-0.25, -0.2) is 13.1 Å². The van der Waals surface area contributed by atoms with Crippen molar-refractivity contribution < 1.29 is 16.8 Å². The van der Waals surface area contributed by atoms with Gasteiger partial charge < -0.3 is 0 Å². The lowest BCUT2D eigenvalue weighted by atomic mass is 10.2. The summed E-state index contributed by atoms with van der Waals surface area (Å²) < 4.78 is 52.4. The first-order valence-corrected chi connectivity index (χ1v) is 9.25. The molecule has 0 saturated carbocycles. The maximum Gasteiger partial charge on any atom is 0.298 e. The van der Waals surface area contributed by atoms with E-state index in [4.69, 9.17) is 0 Å². The molecular formula is C11H17N3O4S2. The van der Waals surface area contributed by atoms with Gasteiger partial charge >= 0.3 is 0 Å². The van der Waals surface area contributed by atoms with Gasteiger partial charge in [-0.15, -0.1) is 0 Å². The molecule has 1 aliphatic heterocycles. The predicted octanol–water partition coefficient (Wildman–Crippen LogP) is 0.493. The topological polar surface area (TPSA) is 95.6 Å².